The first kappa shape index (κ1) is 28.0. The molecular formula is C35H34ClN3O3. The maximum absolute atomic E-state index is 14.4. The maximum atomic E-state index is 14.4. The van der Waals surface area contributed by atoms with Crippen LogP contribution in [0.4, 0.5) is 5.69 Å². The van der Waals surface area contributed by atoms with Crippen LogP contribution in [0.2, 0.25) is 5.02 Å². The zero-order chi connectivity index (χ0) is 29.1. The standard InChI is InChI=1S/C35H34ClN3O3/c36-27-15-7-12-25(20-27)22-38(31(21-24-10-3-1-4-11-24)34(41)37-28-16-5-2-6-17-28)32(40)23-39-30-19-9-14-26-13-8-18-29(33(26)30)35(39)42/h1,3-4,7-15,18-20,28,31H,2,5-6,16-17,21-23H2,(H,37,41). The topological polar surface area (TPSA) is 69.7 Å². The number of carbonyl (C=O) groups is 3. The molecule has 1 N–H and O–H groups in total. The van der Waals surface area contributed by atoms with Gasteiger partial charge in [0.1, 0.15) is 12.6 Å². The average Bonchev–Trinajstić information content (AvgIpc) is 3.28. The van der Waals surface area contributed by atoms with Crippen LogP contribution >= 0.6 is 11.6 Å². The van der Waals surface area contributed by atoms with Gasteiger partial charge in [-0.15, -0.1) is 0 Å². The number of anilines is 1. The van der Waals surface area contributed by atoms with Gasteiger partial charge in [-0.1, -0.05) is 97.6 Å². The average molecular weight is 580 g/mol. The van der Waals surface area contributed by atoms with E-state index < -0.39 is 6.04 Å². The molecule has 6 nitrogen and oxygen atoms in total. The number of benzene rings is 4. The number of halogens is 1. The summed E-state index contributed by atoms with van der Waals surface area (Å²) in [4.78, 5) is 45.1. The Kier molecular flexibility index (Phi) is 8.24. The molecule has 0 aromatic heterocycles. The number of amides is 3. The van der Waals surface area contributed by atoms with Gasteiger partial charge in [0.05, 0.1) is 5.69 Å². The van der Waals surface area contributed by atoms with Crippen molar-refractivity contribution in [3.8, 4) is 0 Å². The summed E-state index contributed by atoms with van der Waals surface area (Å²) in [6, 6.07) is 27.8. The van der Waals surface area contributed by atoms with Crippen LogP contribution < -0.4 is 10.2 Å². The highest BCUT2D eigenvalue weighted by molar-refractivity contribution is 6.30. The predicted octanol–water partition coefficient (Wildman–Crippen LogP) is 6.54. The van der Waals surface area contributed by atoms with Crippen molar-refractivity contribution in [3.05, 3.63) is 113 Å². The molecule has 214 valence electrons. The van der Waals surface area contributed by atoms with Crippen molar-refractivity contribution < 1.29 is 14.4 Å². The van der Waals surface area contributed by atoms with Crippen LogP contribution in [-0.4, -0.2) is 41.2 Å². The van der Waals surface area contributed by atoms with Crippen LogP contribution in [0.3, 0.4) is 0 Å². The fourth-order valence-electron chi connectivity index (χ4n) is 6.29. The molecule has 7 heteroatoms. The lowest BCUT2D eigenvalue weighted by molar-refractivity contribution is -0.140. The lowest BCUT2D eigenvalue weighted by Crippen LogP contribution is -2.54. The van der Waals surface area contributed by atoms with Crippen LogP contribution in [0.25, 0.3) is 10.8 Å². The third-order valence-electron chi connectivity index (χ3n) is 8.41. The zero-order valence-electron chi connectivity index (χ0n) is 23.5. The second kappa shape index (κ2) is 12.4. The summed E-state index contributed by atoms with van der Waals surface area (Å²) in [6.45, 7) is 0.0172. The molecule has 1 atom stereocenters. The highest BCUT2D eigenvalue weighted by atomic mass is 35.5. The molecule has 1 heterocycles. The number of carbonyl (C=O) groups excluding carboxylic acids is 3. The summed E-state index contributed by atoms with van der Waals surface area (Å²) in [5, 5.41) is 5.64. The fourth-order valence-corrected chi connectivity index (χ4v) is 6.51. The van der Waals surface area contributed by atoms with Crippen LogP contribution in [0.1, 0.15) is 53.6 Å². The third-order valence-corrected chi connectivity index (χ3v) is 8.64. The highest BCUT2D eigenvalue weighted by Crippen LogP contribution is 2.37. The van der Waals surface area contributed by atoms with Gasteiger partial charge in [-0.25, -0.2) is 0 Å². The summed E-state index contributed by atoms with van der Waals surface area (Å²) in [6.07, 6.45) is 5.59. The number of rotatable bonds is 9. The van der Waals surface area contributed by atoms with Gasteiger partial charge in [0.25, 0.3) is 5.91 Å². The summed E-state index contributed by atoms with van der Waals surface area (Å²) in [7, 11) is 0. The predicted molar refractivity (Wildman–Crippen MR) is 167 cm³/mol. The van der Waals surface area contributed by atoms with Gasteiger partial charge in [-0.2, -0.15) is 0 Å². The van der Waals surface area contributed by atoms with E-state index in [4.69, 9.17) is 11.6 Å². The Morgan fingerprint density at radius 3 is 2.36 bits per heavy atom. The Morgan fingerprint density at radius 2 is 1.60 bits per heavy atom. The Balaban J connectivity index is 1.35. The normalized spacial score (nSPS) is 15.5. The molecule has 1 unspecified atom stereocenters. The molecule has 42 heavy (non-hydrogen) atoms. The van der Waals surface area contributed by atoms with E-state index in [1.54, 1.807) is 21.9 Å². The van der Waals surface area contributed by atoms with Gasteiger partial charge in [0, 0.05) is 35.0 Å². The van der Waals surface area contributed by atoms with Gasteiger partial charge in [0.2, 0.25) is 11.8 Å². The summed E-state index contributed by atoms with van der Waals surface area (Å²) in [5.74, 6) is -0.670. The molecule has 0 radical (unpaired) electrons. The molecule has 4 aromatic carbocycles. The first-order chi connectivity index (χ1) is 20.5. The van der Waals surface area contributed by atoms with E-state index in [0.29, 0.717) is 17.0 Å². The number of nitrogens with zero attached hydrogens (tertiary/aromatic N) is 2. The largest absolute Gasteiger partial charge is 0.352 e. The first-order valence-electron chi connectivity index (χ1n) is 14.7. The smallest absolute Gasteiger partial charge is 0.259 e. The monoisotopic (exact) mass is 579 g/mol. The van der Waals surface area contributed by atoms with Crippen LogP contribution in [0.5, 0.6) is 0 Å². The molecule has 0 saturated heterocycles. The molecule has 1 aliphatic heterocycles. The van der Waals surface area contributed by atoms with E-state index in [-0.39, 0.29) is 36.9 Å². The lowest BCUT2D eigenvalue weighted by Gasteiger charge is -2.34. The van der Waals surface area contributed by atoms with Crippen molar-refractivity contribution in [3.63, 3.8) is 0 Å². The van der Waals surface area contributed by atoms with Crippen molar-refractivity contribution in [1.29, 1.82) is 0 Å². The van der Waals surface area contributed by atoms with Crippen LogP contribution in [0.15, 0.2) is 91.0 Å². The van der Waals surface area contributed by atoms with Gasteiger partial charge in [-0.3, -0.25) is 19.3 Å². The van der Waals surface area contributed by atoms with Gasteiger partial charge >= 0.3 is 0 Å². The Morgan fingerprint density at radius 1 is 0.881 bits per heavy atom. The molecule has 0 bridgehead atoms. The summed E-state index contributed by atoms with van der Waals surface area (Å²) >= 11 is 6.33. The molecule has 0 spiro atoms. The van der Waals surface area contributed by atoms with Crippen molar-refractivity contribution in [2.24, 2.45) is 0 Å². The first-order valence-corrected chi connectivity index (χ1v) is 15.1. The minimum Gasteiger partial charge on any atom is -0.352 e. The molecular weight excluding hydrogens is 546 g/mol. The minimum atomic E-state index is -0.767. The maximum Gasteiger partial charge on any atom is 0.259 e. The van der Waals surface area contributed by atoms with Gasteiger partial charge in [0.15, 0.2) is 0 Å². The fraction of sp³-hybridized carbons (Fsp3) is 0.286. The van der Waals surface area contributed by atoms with E-state index in [9.17, 15) is 14.4 Å². The van der Waals surface area contributed by atoms with Crippen molar-refractivity contribution in [1.82, 2.24) is 10.2 Å². The molecule has 3 amide bonds. The van der Waals surface area contributed by atoms with Crippen molar-refractivity contribution in [2.75, 3.05) is 11.4 Å². The van der Waals surface area contributed by atoms with E-state index in [2.05, 4.69) is 5.32 Å². The third kappa shape index (κ3) is 5.90. The quantitative estimate of drug-likeness (QED) is 0.245. The van der Waals surface area contributed by atoms with Crippen molar-refractivity contribution >= 4 is 45.8 Å². The minimum absolute atomic E-state index is 0.0971. The van der Waals surface area contributed by atoms with E-state index >= 15 is 0 Å². The second-order valence-electron chi connectivity index (χ2n) is 11.3. The zero-order valence-corrected chi connectivity index (χ0v) is 24.2. The van der Waals surface area contributed by atoms with Crippen molar-refractivity contribution in [2.45, 2.75) is 57.2 Å². The molecule has 2 aliphatic rings. The Labute approximate surface area is 251 Å². The number of nitrogens with one attached hydrogen (secondary N) is 1. The molecule has 1 aliphatic carbocycles. The molecule has 1 saturated carbocycles. The van der Waals surface area contributed by atoms with Crippen LogP contribution in [-0.2, 0) is 22.6 Å². The van der Waals surface area contributed by atoms with Crippen LogP contribution in [0, 0.1) is 0 Å². The van der Waals surface area contributed by atoms with E-state index in [0.717, 1.165) is 53.3 Å². The second-order valence-corrected chi connectivity index (χ2v) is 11.7. The Hall–Kier alpha value is -4.16. The summed E-state index contributed by atoms with van der Waals surface area (Å²) < 4.78 is 0. The number of hydrogen-bond acceptors (Lipinski definition) is 3. The SMILES string of the molecule is O=C(NC1CCCCC1)C(Cc1ccccc1)N(Cc1cccc(Cl)c1)C(=O)CN1C(=O)c2cccc3cccc1c23. The van der Waals surface area contributed by atoms with E-state index in [1.807, 2.05) is 78.9 Å². The highest BCUT2D eigenvalue weighted by Gasteiger charge is 2.36. The Bertz CT molecular complexity index is 1610. The summed E-state index contributed by atoms with van der Waals surface area (Å²) in [5.41, 5.74) is 3.08. The molecule has 6 rings (SSSR count). The molecule has 4 aromatic rings. The van der Waals surface area contributed by atoms with Gasteiger partial charge in [-0.05, 0) is 53.6 Å². The van der Waals surface area contributed by atoms with Gasteiger partial charge < -0.3 is 10.2 Å². The molecule has 1 fully saturated rings. The van der Waals surface area contributed by atoms with E-state index in [1.165, 1.54) is 6.42 Å². The lowest BCUT2D eigenvalue weighted by atomic mass is 9.94. The number of hydrogen-bond donors (Lipinski definition) is 1.